The lowest BCUT2D eigenvalue weighted by atomic mass is 10.2. The smallest absolute Gasteiger partial charge is 0.163 e. The van der Waals surface area contributed by atoms with Crippen LogP contribution < -0.4 is 0 Å². The average molecular weight is 172 g/mol. The van der Waals surface area contributed by atoms with Gasteiger partial charge >= 0.3 is 0 Å². The molecule has 3 heteroatoms. The fourth-order valence-electron chi connectivity index (χ4n) is 1.39. The molecule has 0 aromatic heterocycles. The molecule has 0 radical (unpaired) electrons. The number of hydrogen-bond donors (Lipinski definition) is 0. The minimum atomic E-state index is -2.96. The molecule has 0 aromatic rings. The van der Waals surface area contributed by atoms with Gasteiger partial charge in [-0.1, -0.05) is 12.2 Å². The van der Waals surface area contributed by atoms with E-state index in [9.17, 15) is 8.42 Å². The van der Waals surface area contributed by atoms with Gasteiger partial charge < -0.3 is 0 Å². The van der Waals surface area contributed by atoms with E-state index in [1.54, 1.807) is 0 Å². The first kappa shape index (κ1) is 8.53. The van der Waals surface area contributed by atoms with E-state index in [-0.39, 0.29) is 10.5 Å². The molecule has 1 saturated heterocycles. The van der Waals surface area contributed by atoms with Crippen molar-refractivity contribution in [1.82, 2.24) is 0 Å². The standard InChI is InChI=1S/C8H12O2S/c1-3-7-5-6-8(4-2)11(7,9)10/h3-4,7-8H,1-2,5-6H2/t7-,8+. The summed E-state index contributed by atoms with van der Waals surface area (Å²) in [6, 6.07) is 0. The summed E-state index contributed by atoms with van der Waals surface area (Å²) in [5.74, 6) is 0. The third-order valence-electron chi connectivity index (χ3n) is 2.11. The summed E-state index contributed by atoms with van der Waals surface area (Å²) < 4.78 is 22.8. The molecule has 0 amide bonds. The Kier molecular flexibility index (Phi) is 2.18. The molecule has 1 fully saturated rings. The Balaban J connectivity index is 2.98. The second-order valence-electron chi connectivity index (χ2n) is 2.71. The molecule has 1 aliphatic rings. The molecule has 0 N–H and O–H groups in total. The number of sulfone groups is 1. The van der Waals surface area contributed by atoms with Crippen molar-refractivity contribution < 1.29 is 8.42 Å². The molecule has 62 valence electrons. The van der Waals surface area contributed by atoms with E-state index in [0.717, 1.165) is 0 Å². The maximum atomic E-state index is 11.4. The molecule has 1 aliphatic heterocycles. The molecular weight excluding hydrogens is 160 g/mol. The fourth-order valence-corrected chi connectivity index (χ4v) is 3.30. The van der Waals surface area contributed by atoms with Gasteiger partial charge in [-0.05, 0) is 12.8 Å². The monoisotopic (exact) mass is 172 g/mol. The molecule has 1 heterocycles. The maximum absolute atomic E-state index is 11.4. The van der Waals surface area contributed by atoms with Crippen molar-refractivity contribution in [2.45, 2.75) is 23.3 Å². The van der Waals surface area contributed by atoms with Gasteiger partial charge in [0.15, 0.2) is 9.84 Å². The van der Waals surface area contributed by atoms with Gasteiger partial charge in [0.25, 0.3) is 0 Å². The lowest BCUT2D eigenvalue weighted by Gasteiger charge is -2.04. The highest BCUT2D eigenvalue weighted by molar-refractivity contribution is 7.93. The zero-order valence-corrected chi connectivity index (χ0v) is 7.18. The van der Waals surface area contributed by atoms with Gasteiger partial charge in [0.2, 0.25) is 0 Å². The van der Waals surface area contributed by atoms with Crippen LogP contribution in [0.3, 0.4) is 0 Å². The lowest BCUT2D eigenvalue weighted by Crippen LogP contribution is -2.19. The first-order valence-corrected chi connectivity index (χ1v) is 5.21. The largest absolute Gasteiger partial charge is 0.228 e. The maximum Gasteiger partial charge on any atom is 0.163 e. The third-order valence-corrected chi connectivity index (χ3v) is 4.65. The minimum absolute atomic E-state index is 0.342. The van der Waals surface area contributed by atoms with Crippen molar-refractivity contribution in [3.63, 3.8) is 0 Å². The van der Waals surface area contributed by atoms with Crippen LogP contribution in [0.2, 0.25) is 0 Å². The zero-order chi connectivity index (χ0) is 8.48. The van der Waals surface area contributed by atoms with E-state index < -0.39 is 9.84 Å². The summed E-state index contributed by atoms with van der Waals surface area (Å²) in [7, 11) is -2.96. The van der Waals surface area contributed by atoms with Crippen LogP contribution in [-0.4, -0.2) is 18.9 Å². The molecule has 0 bridgehead atoms. The molecule has 1 rings (SSSR count). The Morgan fingerprint density at radius 2 is 1.45 bits per heavy atom. The van der Waals surface area contributed by atoms with Gasteiger partial charge in [0.1, 0.15) is 0 Å². The first-order chi connectivity index (χ1) is 5.12. The summed E-state index contributed by atoms with van der Waals surface area (Å²) in [6.45, 7) is 6.99. The SMILES string of the molecule is C=C[C@@H]1CC[C@H](C=C)S1(=O)=O. The van der Waals surface area contributed by atoms with E-state index in [1.807, 2.05) is 0 Å². The Labute approximate surface area is 67.5 Å². The normalized spacial score (nSPS) is 34.9. The number of hydrogen-bond acceptors (Lipinski definition) is 2. The summed E-state index contributed by atoms with van der Waals surface area (Å²) in [5.41, 5.74) is 0. The van der Waals surface area contributed by atoms with Crippen LogP contribution in [0.1, 0.15) is 12.8 Å². The predicted octanol–water partition coefficient (Wildman–Crippen LogP) is 1.30. The molecule has 0 spiro atoms. The molecule has 0 saturated carbocycles. The van der Waals surface area contributed by atoms with Crippen molar-refractivity contribution in [2.75, 3.05) is 0 Å². The Hall–Kier alpha value is -0.570. The second kappa shape index (κ2) is 2.81. The molecule has 0 unspecified atom stereocenters. The molecule has 11 heavy (non-hydrogen) atoms. The summed E-state index contributed by atoms with van der Waals surface area (Å²) in [6.07, 6.45) is 4.42. The van der Waals surface area contributed by atoms with Crippen LogP contribution in [0.25, 0.3) is 0 Å². The molecule has 2 atom stereocenters. The van der Waals surface area contributed by atoms with Crippen LogP contribution >= 0.6 is 0 Å². The molecule has 2 nitrogen and oxygen atoms in total. The van der Waals surface area contributed by atoms with Crippen LogP contribution in [0.4, 0.5) is 0 Å². The number of rotatable bonds is 2. The van der Waals surface area contributed by atoms with E-state index in [4.69, 9.17) is 0 Å². The molecule has 0 aromatic carbocycles. The van der Waals surface area contributed by atoms with E-state index >= 15 is 0 Å². The van der Waals surface area contributed by atoms with Gasteiger partial charge in [-0.2, -0.15) is 0 Å². The summed E-state index contributed by atoms with van der Waals surface area (Å²) in [4.78, 5) is 0. The van der Waals surface area contributed by atoms with Crippen LogP contribution in [-0.2, 0) is 9.84 Å². The summed E-state index contributed by atoms with van der Waals surface area (Å²) >= 11 is 0. The highest BCUT2D eigenvalue weighted by atomic mass is 32.2. The van der Waals surface area contributed by atoms with E-state index in [0.29, 0.717) is 12.8 Å². The Morgan fingerprint density at radius 1 is 1.09 bits per heavy atom. The van der Waals surface area contributed by atoms with Gasteiger partial charge in [-0.25, -0.2) is 8.42 Å². The fraction of sp³-hybridized carbons (Fsp3) is 0.500. The average Bonchev–Trinajstić information content (AvgIpc) is 2.24. The van der Waals surface area contributed by atoms with Crippen molar-refractivity contribution in [1.29, 1.82) is 0 Å². The van der Waals surface area contributed by atoms with Crippen LogP contribution in [0.15, 0.2) is 25.3 Å². The highest BCUT2D eigenvalue weighted by Gasteiger charge is 2.36. The third kappa shape index (κ3) is 1.25. The van der Waals surface area contributed by atoms with E-state index in [2.05, 4.69) is 13.2 Å². The van der Waals surface area contributed by atoms with Gasteiger partial charge in [0.05, 0.1) is 10.5 Å². The minimum Gasteiger partial charge on any atom is -0.228 e. The quantitative estimate of drug-likeness (QED) is 0.588. The molecular formula is C8H12O2S. The van der Waals surface area contributed by atoms with Gasteiger partial charge in [0, 0.05) is 0 Å². The highest BCUT2D eigenvalue weighted by Crippen LogP contribution is 2.28. The van der Waals surface area contributed by atoms with Crippen LogP contribution in [0.5, 0.6) is 0 Å². The van der Waals surface area contributed by atoms with E-state index in [1.165, 1.54) is 12.2 Å². The van der Waals surface area contributed by atoms with Crippen molar-refractivity contribution in [2.24, 2.45) is 0 Å². The summed E-state index contributed by atoms with van der Waals surface area (Å²) in [5, 5.41) is -0.684. The van der Waals surface area contributed by atoms with Crippen molar-refractivity contribution in [3.8, 4) is 0 Å². The van der Waals surface area contributed by atoms with Gasteiger partial charge in [-0.3, -0.25) is 0 Å². The Morgan fingerprint density at radius 3 is 1.64 bits per heavy atom. The Bertz CT molecular complexity index is 242. The van der Waals surface area contributed by atoms with Crippen LogP contribution in [0, 0.1) is 0 Å². The van der Waals surface area contributed by atoms with Crippen molar-refractivity contribution in [3.05, 3.63) is 25.3 Å². The zero-order valence-electron chi connectivity index (χ0n) is 6.36. The van der Waals surface area contributed by atoms with Gasteiger partial charge in [-0.15, -0.1) is 13.2 Å². The predicted molar refractivity (Wildman–Crippen MR) is 46.1 cm³/mol. The topological polar surface area (TPSA) is 34.1 Å². The van der Waals surface area contributed by atoms with Crippen molar-refractivity contribution >= 4 is 9.84 Å². The first-order valence-electron chi connectivity index (χ1n) is 3.60. The second-order valence-corrected chi connectivity index (χ2v) is 5.10. The molecule has 0 aliphatic carbocycles. The lowest BCUT2D eigenvalue weighted by molar-refractivity contribution is 0.593.